The maximum Gasteiger partial charge on any atom is 0.265 e. The molecule has 0 saturated carbocycles. The number of thioether (sulfide) groups is 1. The second-order valence-corrected chi connectivity index (χ2v) is 5.59. The highest BCUT2D eigenvalue weighted by Gasteiger charge is 2.05. The Morgan fingerprint density at radius 2 is 2.00 bits per heavy atom. The number of carbonyl (C=O) groups is 1. The lowest BCUT2D eigenvalue weighted by Crippen LogP contribution is -2.17. The standard InChI is InChI=1S/C16H15ClN2O2S/c1-22-15-5-3-2-4-14(15)19-16(20)11-21-18-10-12-6-8-13(17)9-7-12/h2-10H,11H2,1H3,(H,19,20)/b18-10+. The quantitative estimate of drug-likeness (QED) is 0.492. The molecule has 4 nitrogen and oxygen atoms in total. The lowest BCUT2D eigenvalue weighted by molar-refractivity contribution is -0.120. The molecular weight excluding hydrogens is 320 g/mol. The Balaban J connectivity index is 1.81. The van der Waals surface area contributed by atoms with Gasteiger partial charge in [0.2, 0.25) is 0 Å². The van der Waals surface area contributed by atoms with Crippen LogP contribution in [-0.4, -0.2) is 25.0 Å². The highest BCUT2D eigenvalue weighted by Crippen LogP contribution is 2.24. The molecule has 0 bridgehead atoms. The number of nitrogens with zero attached hydrogens (tertiary/aromatic N) is 1. The van der Waals surface area contributed by atoms with Gasteiger partial charge in [-0.1, -0.05) is 41.0 Å². The molecule has 2 aromatic carbocycles. The first-order valence-electron chi connectivity index (χ1n) is 6.53. The number of hydrogen-bond donors (Lipinski definition) is 1. The van der Waals surface area contributed by atoms with Crippen molar-refractivity contribution in [3.63, 3.8) is 0 Å². The van der Waals surface area contributed by atoms with Gasteiger partial charge in [-0.2, -0.15) is 0 Å². The van der Waals surface area contributed by atoms with E-state index in [-0.39, 0.29) is 12.5 Å². The number of oxime groups is 1. The molecule has 2 aromatic rings. The average Bonchev–Trinajstić information content (AvgIpc) is 2.54. The predicted molar refractivity (Wildman–Crippen MR) is 91.9 cm³/mol. The van der Waals surface area contributed by atoms with Crippen molar-refractivity contribution in [3.8, 4) is 0 Å². The van der Waals surface area contributed by atoms with E-state index < -0.39 is 0 Å². The molecule has 0 saturated heterocycles. The molecule has 114 valence electrons. The summed E-state index contributed by atoms with van der Waals surface area (Å²) in [4.78, 5) is 17.8. The molecule has 22 heavy (non-hydrogen) atoms. The molecule has 0 atom stereocenters. The summed E-state index contributed by atoms with van der Waals surface area (Å²) >= 11 is 7.35. The maximum absolute atomic E-state index is 11.8. The summed E-state index contributed by atoms with van der Waals surface area (Å²) in [7, 11) is 0. The van der Waals surface area contributed by atoms with Gasteiger partial charge in [0.25, 0.3) is 5.91 Å². The van der Waals surface area contributed by atoms with Crippen molar-refractivity contribution < 1.29 is 9.63 Å². The minimum atomic E-state index is -0.255. The highest BCUT2D eigenvalue weighted by molar-refractivity contribution is 7.98. The third kappa shape index (κ3) is 5.09. The summed E-state index contributed by atoms with van der Waals surface area (Å²) in [6, 6.07) is 14.7. The lowest BCUT2D eigenvalue weighted by Gasteiger charge is -2.08. The number of para-hydroxylation sites is 1. The van der Waals surface area contributed by atoms with Gasteiger partial charge in [0, 0.05) is 9.92 Å². The molecule has 0 aliphatic rings. The Labute approximate surface area is 138 Å². The summed E-state index contributed by atoms with van der Waals surface area (Å²) in [5.74, 6) is -0.255. The van der Waals surface area contributed by atoms with Crippen LogP contribution in [0.25, 0.3) is 0 Å². The number of rotatable bonds is 6. The minimum Gasteiger partial charge on any atom is -0.386 e. The van der Waals surface area contributed by atoms with E-state index in [9.17, 15) is 4.79 Å². The van der Waals surface area contributed by atoms with Crippen LogP contribution in [0.15, 0.2) is 58.6 Å². The molecule has 1 N–H and O–H groups in total. The van der Waals surface area contributed by atoms with Crippen LogP contribution in [-0.2, 0) is 9.63 Å². The van der Waals surface area contributed by atoms with Gasteiger partial charge in [-0.25, -0.2) is 0 Å². The molecule has 1 amide bonds. The van der Waals surface area contributed by atoms with Crippen molar-refractivity contribution in [1.82, 2.24) is 0 Å². The fraction of sp³-hybridized carbons (Fsp3) is 0.125. The van der Waals surface area contributed by atoms with E-state index in [1.54, 1.807) is 23.9 Å². The molecule has 0 radical (unpaired) electrons. The van der Waals surface area contributed by atoms with Crippen LogP contribution in [0.2, 0.25) is 5.02 Å². The number of amides is 1. The first-order chi connectivity index (χ1) is 10.7. The van der Waals surface area contributed by atoms with Crippen molar-refractivity contribution >= 4 is 41.2 Å². The van der Waals surface area contributed by atoms with E-state index in [4.69, 9.17) is 16.4 Å². The van der Waals surface area contributed by atoms with Crippen molar-refractivity contribution in [2.75, 3.05) is 18.2 Å². The molecule has 0 aromatic heterocycles. The topological polar surface area (TPSA) is 50.7 Å². The number of nitrogens with one attached hydrogen (secondary N) is 1. The zero-order valence-corrected chi connectivity index (χ0v) is 13.5. The van der Waals surface area contributed by atoms with E-state index >= 15 is 0 Å². The van der Waals surface area contributed by atoms with Crippen LogP contribution in [0.5, 0.6) is 0 Å². The van der Waals surface area contributed by atoms with Gasteiger partial charge in [-0.05, 0) is 36.1 Å². The second kappa shape index (κ2) is 8.46. The largest absolute Gasteiger partial charge is 0.386 e. The number of hydrogen-bond acceptors (Lipinski definition) is 4. The predicted octanol–water partition coefficient (Wildman–Crippen LogP) is 4.05. The zero-order valence-electron chi connectivity index (χ0n) is 12.0. The lowest BCUT2D eigenvalue weighted by atomic mass is 10.2. The van der Waals surface area contributed by atoms with E-state index in [0.29, 0.717) is 5.02 Å². The number of carbonyl (C=O) groups excluding carboxylic acids is 1. The van der Waals surface area contributed by atoms with Crippen molar-refractivity contribution in [3.05, 3.63) is 59.1 Å². The second-order valence-electron chi connectivity index (χ2n) is 4.31. The zero-order chi connectivity index (χ0) is 15.8. The van der Waals surface area contributed by atoms with Gasteiger partial charge >= 0.3 is 0 Å². The molecule has 0 aliphatic heterocycles. The normalized spacial score (nSPS) is 10.6. The summed E-state index contributed by atoms with van der Waals surface area (Å²) < 4.78 is 0. The van der Waals surface area contributed by atoms with Crippen molar-refractivity contribution in [2.24, 2.45) is 5.16 Å². The van der Waals surface area contributed by atoms with Crippen LogP contribution in [0.1, 0.15) is 5.56 Å². The Kier molecular flexibility index (Phi) is 6.30. The first kappa shape index (κ1) is 16.4. The fourth-order valence-corrected chi connectivity index (χ4v) is 2.36. The monoisotopic (exact) mass is 334 g/mol. The smallest absolute Gasteiger partial charge is 0.265 e. The molecular formula is C16H15ClN2O2S. The summed E-state index contributed by atoms with van der Waals surface area (Å²) in [6.07, 6.45) is 3.48. The van der Waals surface area contributed by atoms with Gasteiger partial charge in [-0.15, -0.1) is 11.8 Å². The Morgan fingerprint density at radius 3 is 2.73 bits per heavy atom. The molecule has 0 aliphatic carbocycles. The Morgan fingerprint density at radius 1 is 1.27 bits per heavy atom. The van der Waals surface area contributed by atoms with E-state index in [2.05, 4.69) is 10.5 Å². The van der Waals surface area contributed by atoms with Crippen molar-refractivity contribution in [2.45, 2.75) is 4.90 Å². The molecule has 0 spiro atoms. The van der Waals surface area contributed by atoms with Gasteiger partial charge in [-0.3, -0.25) is 4.79 Å². The van der Waals surface area contributed by atoms with Crippen molar-refractivity contribution in [1.29, 1.82) is 0 Å². The van der Waals surface area contributed by atoms with E-state index in [1.807, 2.05) is 42.7 Å². The van der Waals surface area contributed by atoms with Gasteiger partial charge in [0.05, 0.1) is 11.9 Å². The molecule has 0 heterocycles. The van der Waals surface area contributed by atoms with Crippen LogP contribution in [0, 0.1) is 0 Å². The number of halogens is 1. The molecule has 6 heteroatoms. The number of anilines is 1. The third-order valence-electron chi connectivity index (χ3n) is 2.72. The Hall–Kier alpha value is -1.98. The molecule has 0 unspecified atom stereocenters. The van der Waals surface area contributed by atoms with Crippen LogP contribution in [0.4, 0.5) is 5.69 Å². The van der Waals surface area contributed by atoms with Crippen LogP contribution >= 0.6 is 23.4 Å². The van der Waals surface area contributed by atoms with Crippen LogP contribution < -0.4 is 5.32 Å². The molecule has 2 rings (SSSR count). The van der Waals surface area contributed by atoms with E-state index in [0.717, 1.165) is 16.1 Å². The SMILES string of the molecule is CSc1ccccc1NC(=O)CO/N=C/c1ccc(Cl)cc1. The fourth-order valence-electron chi connectivity index (χ4n) is 1.68. The summed E-state index contributed by atoms with van der Waals surface area (Å²) in [6.45, 7) is -0.146. The first-order valence-corrected chi connectivity index (χ1v) is 8.13. The van der Waals surface area contributed by atoms with Gasteiger partial charge in [0.1, 0.15) is 0 Å². The van der Waals surface area contributed by atoms with Gasteiger partial charge < -0.3 is 10.2 Å². The maximum atomic E-state index is 11.8. The summed E-state index contributed by atoms with van der Waals surface area (Å²) in [5.41, 5.74) is 1.61. The average molecular weight is 335 g/mol. The Bertz CT molecular complexity index is 659. The van der Waals surface area contributed by atoms with E-state index in [1.165, 1.54) is 6.21 Å². The third-order valence-corrected chi connectivity index (χ3v) is 3.77. The highest BCUT2D eigenvalue weighted by atomic mass is 35.5. The van der Waals surface area contributed by atoms with Crippen LogP contribution in [0.3, 0.4) is 0 Å². The summed E-state index contributed by atoms with van der Waals surface area (Å²) in [5, 5.41) is 7.21. The minimum absolute atomic E-state index is 0.146. The molecule has 0 fully saturated rings. The number of benzene rings is 2. The van der Waals surface area contributed by atoms with Gasteiger partial charge in [0.15, 0.2) is 6.61 Å².